The summed E-state index contributed by atoms with van der Waals surface area (Å²) in [6.45, 7) is 3.79. The van der Waals surface area contributed by atoms with Gasteiger partial charge in [0.05, 0.1) is 0 Å². The molecule has 24 heavy (non-hydrogen) atoms. The van der Waals surface area contributed by atoms with E-state index in [1.165, 1.54) is 11.1 Å². The number of piperidine rings is 1. The average Bonchev–Trinajstić information content (AvgIpc) is 3.29. The maximum absolute atomic E-state index is 12.8. The molecule has 1 amide bonds. The summed E-state index contributed by atoms with van der Waals surface area (Å²) in [5, 5.41) is 8.20. The zero-order chi connectivity index (χ0) is 16.7. The Kier molecular flexibility index (Phi) is 3.87. The number of carbonyl (C=O) groups excluding carboxylic acids is 1. The lowest BCUT2D eigenvalue weighted by Gasteiger charge is -2.31. The normalized spacial score (nSPS) is 24.2. The summed E-state index contributed by atoms with van der Waals surface area (Å²) in [4.78, 5) is 14.8. The number of aromatic nitrogens is 3. The zero-order valence-electron chi connectivity index (χ0n) is 14.4. The van der Waals surface area contributed by atoms with E-state index in [1.807, 2.05) is 11.6 Å². The van der Waals surface area contributed by atoms with Crippen molar-refractivity contribution in [1.82, 2.24) is 19.7 Å². The van der Waals surface area contributed by atoms with Gasteiger partial charge in [-0.2, -0.15) is 0 Å². The molecule has 1 saturated heterocycles. The number of likely N-dealkylation sites (tertiary alicyclic amines) is 1. The fourth-order valence-corrected chi connectivity index (χ4v) is 3.99. The Balaban J connectivity index is 1.35. The number of hydrogen-bond acceptors (Lipinski definition) is 3. The minimum Gasteiger partial charge on any atom is -0.342 e. The van der Waals surface area contributed by atoms with Crippen molar-refractivity contribution < 1.29 is 4.79 Å². The topological polar surface area (TPSA) is 51.0 Å². The second kappa shape index (κ2) is 6.04. The molecule has 1 aromatic carbocycles. The predicted molar refractivity (Wildman–Crippen MR) is 91.6 cm³/mol. The molecule has 1 aliphatic carbocycles. The molecular formula is C19H24N4O. The average molecular weight is 324 g/mol. The molecule has 2 aliphatic rings. The van der Waals surface area contributed by atoms with E-state index in [1.54, 1.807) is 6.33 Å². The van der Waals surface area contributed by atoms with Gasteiger partial charge in [0, 0.05) is 32.0 Å². The highest BCUT2D eigenvalue weighted by molar-refractivity contribution is 5.83. The second-order valence-corrected chi connectivity index (χ2v) is 7.26. The van der Waals surface area contributed by atoms with E-state index in [0.29, 0.717) is 17.7 Å². The van der Waals surface area contributed by atoms with Crippen molar-refractivity contribution in [2.45, 2.75) is 38.0 Å². The summed E-state index contributed by atoms with van der Waals surface area (Å²) in [6.07, 6.45) is 4.73. The smallest absolute Gasteiger partial charge is 0.226 e. The van der Waals surface area contributed by atoms with Crippen LogP contribution < -0.4 is 0 Å². The fourth-order valence-electron chi connectivity index (χ4n) is 3.99. The van der Waals surface area contributed by atoms with Crippen LogP contribution in [0.3, 0.4) is 0 Å². The Labute approximate surface area is 142 Å². The summed E-state index contributed by atoms with van der Waals surface area (Å²) in [7, 11) is 1.99. The quantitative estimate of drug-likeness (QED) is 0.872. The first-order valence-corrected chi connectivity index (χ1v) is 8.82. The molecule has 0 N–H and O–H groups in total. The Bertz CT molecular complexity index is 745. The Morgan fingerprint density at radius 1 is 1.25 bits per heavy atom. The van der Waals surface area contributed by atoms with E-state index in [4.69, 9.17) is 0 Å². The molecule has 1 aromatic heterocycles. The number of aryl methyl sites for hydroxylation is 2. The van der Waals surface area contributed by atoms with Crippen LogP contribution in [0, 0.1) is 12.8 Å². The maximum Gasteiger partial charge on any atom is 0.226 e. The van der Waals surface area contributed by atoms with Gasteiger partial charge in [0.25, 0.3) is 0 Å². The van der Waals surface area contributed by atoms with Crippen LogP contribution in [-0.2, 0) is 11.8 Å². The van der Waals surface area contributed by atoms with Crippen molar-refractivity contribution >= 4 is 5.91 Å². The Hall–Kier alpha value is -2.17. The lowest BCUT2D eigenvalue weighted by atomic mass is 9.95. The Morgan fingerprint density at radius 3 is 2.71 bits per heavy atom. The van der Waals surface area contributed by atoms with Crippen molar-refractivity contribution in [2.75, 3.05) is 13.1 Å². The molecule has 5 heteroatoms. The van der Waals surface area contributed by atoms with Gasteiger partial charge in [0.15, 0.2) is 0 Å². The first-order valence-electron chi connectivity index (χ1n) is 8.82. The lowest BCUT2D eigenvalue weighted by Crippen LogP contribution is -2.39. The van der Waals surface area contributed by atoms with Gasteiger partial charge in [0.1, 0.15) is 12.2 Å². The van der Waals surface area contributed by atoms with Crippen LogP contribution in [0.1, 0.15) is 48.0 Å². The summed E-state index contributed by atoms with van der Waals surface area (Å²) in [6, 6.07) is 8.58. The van der Waals surface area contributed by atoms with E-state index < -0.39 is 0 Å². The molecule has 0 radical (unpaired) electrons. The molecule has 0 bridgehead atoms. The molecule has 2 atom stereocenters. The number of rotatable bonds is 3. The van der Waals surface area contributed by atoms with Gasteiger partial charge < -0.3 is 9.47 Å². The largest absolute Gasteiger partial charge is 0.342 e. The third-order valence-electron chi connectivity index (χ3n) is 5.50. The number of benzene rings is 1. The van der Waals surface area contributed by atoms with Crippen molar-refractivity contribution in [2.24, 2.45) is 13.0 Å². The van der Waals surface area contributed by atoms with Gasteiger partial charge in [-0.25, -0.2) is 0 Å². The monoisotopic (exact) mass is 324 g/mol. The molecular weight excluding hydrogens is 300 g/mol. The maximum atomic E-state index is 12.8. The molecule has 2 heterocycles. The molecule has 2 fully saturated rings. The molecule has 0 spiro atoms. The van der Waals surface area contributed by atoms with Crippen molar-refractivity contribution in [1.29, 1.82) is 0 Å². The van der Waals surface area contributed by atoms with Gasteiger partial charge in [-0.15, -0.1) is 10.2 Å². The van der Waals surface area contributed by atoms with E-state index in [-0.39, 0.29) is 5.92 Å². The van der Waals surface area contributed by atoms with Gasteiger partial charge in [-0.1, -0.05) is 29.8 Å². The predicted octanol–water partition coefficient (Wildman–Crippen LogP) is 2.63. The van der Waals surface area contributed by atoms with E-state index >= 15 is 0 Å². The molecule has 4 rings (SSSR count). The van der Waals surface area contributed by atoms with E-state index in [2.05, 4.69) is 46.3 Å². The van der Waals surface area contributed by atoms with Crippen LogP contribution >= 0.6 is 0 Å². The fraction of sp³-hybridized carbons (Fsp3) is 0.526. The SMILES string of the molecule is Cc1cccc([C@@H]2C[C@@H]2C(=O)N2CCC(c3nncn3C)CC2)c1. The third kappa shape index (κ3) is 2.83. The van der Waals surface area contributed by atoms with Crippen LogP contribution in [0.4, 0.5) is 0 Å². The van der Waals surface area contributed by atoms with Crippen LogP contribution in [0.5, 0.6) is 0 Å². The van der Waals surface area contributed by atoms with Crippen LogP contribution in [0.25, 0.3) is 0 Å². The molecule has 0 unspecified atom stereocenters. The highest BCUT2D eigenvalue weighted by Gasteiger charge is 2.46. The van der Waals surface area contributed by atoms with Crippen molar-refractivity contribution in [3.05, 3.63) is 47.5 Å². The van der Waals surface area contributed by atoms with E-state index in [9.17, 15) is 4.79 Å². The minimum atomic E-state index is 0.193. The molecule has 5 nitrogen and oxygen atoms in total. The number of hydrogen-bond donors (Lipinski definition) is 0. The zero-order valence-corrected chi connectivity index (χ0v) is 14.4. The number of amides is 1. The first-order chi connectivity index (χ1) is 11.6. The van der Waals surface area contributed by atoms with Gasteiger partial charge in [-0.3, -0.25) is 4.79 Å². The standard InChI is InChI=1S/C19H24N4O/c1-13-4-3-5-15(10-13)16-11-17(16)19(24)23-8-6-14(7-9-23)18-21-20-12-22(18)2/h3-5,10,12,14,16-17H,6-9,11H2,1-2H3/t16-,17-/m0/s1. The summed E-state index contributed by atoms with van der Waals surface area (Å²) in [5.41, 5.74) is 2.59. The van der Waals surface area contributed by atoms with Gasteiger partial charge in [-0.05, 0) is 37.7 Å². The van der Waals surface area contributed by atoms with Crippen molar-refractivity contribution in [3.63, 3.8) is 0 Å². The van der Waals surface area contributed by atoms with Crippen LogP contribution in [0.15, 0.2) is 30.6 Å². The number of carbonyl (C=O) groups is 1. The third-order valence-corrected chi connectivity index (χ3v) is 5.50. The number of nitrogens with zero attached hydrogens (tertiary/aromatic N) is 4. The second-order valence-electron chi connectivity index (χ2n) is 7.26. The van der Waals surface area contributed by atoms with Crippen LogP contribution in [-0.4, -0.2) is 38.7 Å². The van der Waals surface area contributed by atoms with Gasteiger partial charge in [0.2, 0.25) is 5.91 Å². The molecule has 1 saturated carbocycles. The van der Waals surface area contributed by atoms with E-state index in [0.717, 1.165) is 38.2 Å². The van der Waals surface area contributed by atoms with Gasteiger partial charge >= 0.3 is 0 Å². The highest BCUT2D eigenvalue weighted by Crippen LogP contribution is 2.49. The molecule has 2 aromatic rings. The Morgan fingerprint density at radius 2 is 2.04 bits per heavy atom. The lowest BCUT2D eigenvalue weighted by molar-refractivity contribution is -0.133. The van der Waals surface area contributed by atoms with Crippen LogP contribution in [0.2, 0.25) is 0 Å². The summed E-state index contributed by atoms with van der Waals surface area (Å²) >= 11 is 0. The first kappa shape index (κ1) is 15.4. The minimum absolute atomic E-state index is 0.193. The summed E-state index contributed by atoms with van der Waals surface area (Å²) in [5.74, 6) is 2.43. The van der Waals surface area contributed by atoms with Crippen molar-refractivity contribution in [3.8, 4) is 0 Å². The highest BCUT2D eigenvalue weighted by atomic mass is 16.2. The summed E-state index contributed by atoms with van der Waals surface area (Å²) < 4.78 is 2.00. The molecule has 126 valence electrons. The molecule has 1 aliphatic heterocycles.